The van der Waals surface area contributed by atoms with Gasteiger partial charge in [0.25, 0.3) is 0 Å². The fourth-order valence-corrected chi connectivity index (χ4v) is 3.22. The Labute approximate surface area is 122 Å². The van der Waals surface area contributed by atoms with Crippen molar-refractivity contribution in [3.8, 4) is 0 Å². The minimum absolute atomic E-state index is 0.115. The van der Waals surface area contributed by atoms with E-state index in [1.54, 1.807) is 11.0 Å². The molecule has 0 fully saturated rings. The predicted octanol–water partition coefficient (Wildman–Crippen LogP) is 3.92. The molecule has 2 rings (SSSR count). The molecule has 0 spiro atoms. The Morgan fingerprint density at radius 1 is 1.37 bits per heavy atom. The second-order valence-corrected chi connectivity index (χ2v) is 5.98. The first-order valence-electron chi connectivity index (χ1n) is 6.76. The largest absolute Gasteiger partial charge is 0.312 e. The fraction of sp³-hybridized carbons (Fsp3) is 0.533. The molecular weight excluding hydrogens is 309 g/mol. The summed E-state index contributed by atoms with van der Waals surface area (Å²) in [6, 6.07) is 4.76. The van der Waals surface area contributed by atoms with Crippen molar-refractivity contribution in [1.82, 2.24) is 0 Å². The summed E-state index contributed by atoms with van der Waals surface area (Å²) in [6.07, 6.45) is 3.30. The zero-order valence-electron chi connectivity index (χ0n) is 11.2. The van der Waals surface area contributed by atoms with E-state index < -0.39 is 0 Å². The van der Waals surface area contributed by atoms with E-state index in [1.165, 1.54) is 12.1 Å². The summed E-state index contributed by atoms with van der Waals surface area (Å²) in [5.74, 6) is 0.405. The van der Waals surface area contributed by atoms with E-state index in [-0.39, 0.29) is 11.7 Å². The number of nitrogens with zero attached hydrogens (tertiary/aromatic N) is 1. The number of fused-ring (bicyclic) bond motifs is 1. The number of amides is 1. The van der Waals surface area contributed by atoms with Gasteiger partial charge in [0.1, 0.15) is 5.82 Å². The summed E-state index contributed by atoms with van der Waals surface area (Å²) in [6.45, 7) is 2.87. The lowest BCUT2D eigenvalue weighted by Crippen LogP contribution is -2.36. The van der Waals surface area contributed by atoms with Crippen LogP contribution in [0.2, 0.25) is 0 Å². The Hall–Kier alpha value is -0.900. The number of rotatable bonds is 5. The fourth-order valence-electron chi connectivity index (χ4n) is 2.44. The number of hydrogen-bond acceptors (Lipinski definition) is 1. The van der Waals surface area contributed by atoms with Gasteiger partial charge in [0, 0.05) is 24.0 Å². The van der Waals surface area contributed by atoms with E-state index in [0.717, 1.165) is 35.8 Å². The third-order valence-electron chi connectivity index (χ3n) is 3.69. The minimum Gasteiger partial charge on any atom is -0.312 e. The quantitative estimate of drug-likeness (QED) is 0.751. The Morgan fingerprint density at radius 3 is 2.89 bits per heavy atom. The first kappa shape index (κ1) is 14.5. The molecule has 1 aliphatic heterocycles. The highest BCUT2D eigenvalue weighted by Crippen LogP contribution is 2.29. The molecule has 1 unspecified atom stereocenters. The van der Waals surface area contributed by atoms with Crippen molar-refractivity contribution in [1.29, 1.82) is 0 Å². The predicted molar refractivity (Wildman–Crippen MR) is 79.3 cm³/mol. The van der Waals surface area contributed by atoms with Gasteiger partial charge in [0.15, 0.2) is 0 Å². The van der Waals surface area contributed by atoms with Crippen LogP contribution in [-0.2, 0) is 11.2 Å². The molecule has 2 nitrogen and oxygen atoms in total. The number of hydrogen-bond donors (Lipinski definition) is 0. The van der Waals surface area contributed by atoms with Gasteiger partial charge in [-0.05, 0) is 42.9 Å². The number of carbonyl (C=O) groups is 1. The number of halogens is 2. The molecule has 4 heteroatoms. The van der Waals surface area contributed by atoms with E-state index in [0.29, 0.717) is 18.9 Å². The highest BCUT2D eigenvalue weighted by molar-refractivity contribution is 9.09. The van der Waals surface area contributed by atoms with E-state index in [1.807, 2.05) is 0 Å². The number of carbonyl (C=O) groups excluding carboxylic acids is 1. The van der Waals surface area contributed by atoms with Crippen molar-refractivity contribution in [2.45, 2.75) is 32.6 Å². The zero-order chi connectivity index (χ0) is 13.8. The van der Waals surface area contributed by atoms with Crippen molar-refractivity contribution in [2.75, 3.05) is 16.8 Å². The van der Waals surface area contributed by atoms with E-state index in [9.17, 15) is 9.18 Å². The Balaban J connectivity index is 2.11. The Bertz CT molecular complexity index is 463. The van der Waals surface area contributed by atoms with Crippen LogP contribution in [0.1, 0.15) is 31.7 Å². The monoisotopic (exact) mass is 327 g/mol. The van der Waals surface area contributed by atoms with Crippen LogP contribution in [0.5, 0.6) is 0 Å². The molecule has 0 saturated heterocycles. The SMILES string of the molecule is CC(CCBr)CCN1C(=O)CCc2ccc(F)cc21. The molecular formula is C15H19BrFNO. The van der Waals surface area contributed by atoms with Crippen LogP contribution in [0, 0.1) is 11.7 Å². The minimum atomic E-state index is -0.271. The second-order valence-electron chi connectivity index (χ2n) is 5.19. The summed E-state index contributed by atoms with van der Waals surface area (Å²) in [4.78, 5) is 13.8. The average Bonchev–Trinajstić information content (AvgIpc) is 2.38. The van der Waals surface area contributed by atoms with Gasteiger partial charge in [-0.1, -0.05) is 28.9 Å². The van der Waals surface area contributed by atoms with Crippen LogP contribution in [0.25, 0.3) is 0 Å². The normalized spacial score (nSPS) is 16.4. The second kappa shape index (κ2) is 6.51. The van der Waals surface area contributed by atoms with Crippen LogP contribution in [-0.4, -0.2) is 17.8 Å². The van der Waals surface area contributed by atoms with Gasteiger partial charge < -0.3 is 4.90 Å². The van der Waals surface area contributed by atoms with Crippen molar-refractivity contribution in [2.24, 2.45) is 5.92 Å². The Morgan fingerprint density at radius 2 is 2.16 bits per heavy atom. The maximum Gasteiger partial charge on any atom is 0.227 e. The van der Waals surface area contributed by atoms with Crippen molar-refractivity contribution in [3.63, 3.8) is 0 Å². The maximum absolute atomic E-state index is 13.4. The lowest BCUT2D eigenvalue weighted by molar-refractivity contribution is -0.118. The van der Waals surface area contributed by atoms with Crippen molar-refractivity contribution >= 4 is 27.5 Å². The summed E-state index contributed by atoms with van der Waals surface area (Å²) in [5, 5.41) is 0.979. The van der Waals surface area contributed by atoms with E-state index in [4.69, 9.17) is 0 Å². The lowest BCUT2D eigenvalue weighted by Gasteiger charge is -2.30. The average molecular weight is 328 g/mol. The van der Waals surface area contributed by atoms with E-state index in [2.05, 4.69) is 22.9 Å². The van der Waals surface area contributed by atoms with Gasteiger partial charge in [-0.25, -0.2) is 4.39 Å². The third kappa shape index (κ3) is 3.56. The number of anilines is 1. The summed E-state index contributed by atoms with van der Waals surface area (Å²) in [7, 11) is 0. The standard InChI is InChI=1S/C15H19BrFNO/c1-11(6-8-16)7-9-18-14-10-13(17)4-2-12(14)3-5-15(18)19/h2,4,10-11H,3,5-9H2,1H3. The van der Waals surface area contributed by atoms with Gasteiger partial charge in [-0.15, -0.1) is 0 Å². The van der Waals surface area contributed by atoms with Crippen LogP contribution in [0.3, 0.4) is 0 Å². The lowest BCUT2D eigenvalue weighted by atomic mass is 9.99. The molecule has 1 amide bonds. The highest BCUT2D eigenvalue weighted by Gasteiger charge is 2.24. The topological polar surface area (TPSA) is 20.3 Å². The molecule has 0 radical (unpaired) electrons. The number of alkyl halides is 1. The van der Waals surface area contributed by atoms with Gasteiger partial charge in [-0.3, -0.25) is 4.79 Å². The molecule has 1 aromatic carbocycles. The molecule has 0 aliphatic carbocycles. The highest BCUT2D eigenvalue weighted by atomic mass is 79.9. The van der Waals surface area contributed by atoms with Crippen molar-refractivity contribution in [3.05, 3.63) is 29.6 Å². The summed E-state index contributed by atoms with van der Waals surface area (Å²) >= 11 is 3.43. The first-order chi connectivity index (χ1) is 9.11. The summed E-state index contributed by atoms with van der Waals surface area (Å²) in [5.41, 5.74) is 1.84. The van der Waals surface area contributed by atoms with Crippen LogP contribution in [0.15, 0.2) is 18.2 Å². The number of aryl methyl sites for hydroxylation is 1. The van der Waals surface area contributed by atoms with E-state index >= 15 is 0 Å². The zero-order valence-corrected chi connectivity index (χ0v) is 12.7. The number of benzene rings is 1. The molecule has 1 aromatic rings. The van der Waals surface area contributed by atoms with Gasteiger partial charge in [0.2, 0.25) is 5.91 Å². The third-order valence-corrected chi connectivity index (χ3v) is 4.15. The summed E-state index contributed by atoms with van der Waals surface area (Å²) < 4.78 is 13.4. The van der Waals surface area contributed by atoms with Crippen LogP contribution in [0.4, 0.5) is 10.1 Å². The van der Waals surface area contributed by atoms with Crippen LogP contribution < -0.4 is 4.90 Å². The molecule has 0 bridgehead atoms. The molecule has 0 aromatic heterocycles. The maximum atomic E-state index is 13.4. The van der Waals surface area contributed by atoms with Gasteiger partial charge in [0.05, 0.1) is 0 Å². The van der Waals surface area contributed by atoms with Crippen LogP contribution >= 0.6 is 15.9 Å². The molecule has 1 atom stereocenters. The smallest absolute Gasteiger partial charge is 0.227 e. The Kier molecular flexibility index (Phi) is 4.97. The molecule has 1 heterocycles. The molecule has 0 N–H and O–H groups in total. The first-order valence-corrected chi connectivity index (χ1v) is 7.88. The van der Waals surface area contributed by atoms with Gasteiger partial charge in [-0.2, -0.15) is 0 Å². The van der Waals surface area contributed by atoms with Gasteiger partial charge >= 0.3 is 0 Å². The molecule has 1 aliphatic rings. The molecule has 104 valence electrons. The molecule has 19 heavy (non-hydrogen) atoms. The van der Waals surface area contributed by atoms with Crippen molar-refractivity contribution < 1.29 is 9.18 Å². The molecule has 0 saturated carbocycles.